The van der Waals surface area contributed by atoms with Crippen molar-refractivity contribution in [2.24, 2.45) is 0 Å². The Labute approximate surface area is 176 Å². The number of benzene rings is 2. The average Bonchev–Trinajstić information content (AvgIpc) is 3.34. The van der Waals surface area contributed by atoms with Crippen LogP contribution in [0.4, 0.5) is 10.8 Å². The zero-order valence-electron chi connectivity index (χ0n) is 15.6. The molecule has 1 fully saturated rings. The van der Waals surface area contributed by atoms with Crippen LogP contribution in [0.5, 0.6) is 0 Å². The van der Waals surface area contributed by atoms with Crippen LogP contribution >= 0.6 is 22.9 Å². The van der Waals surface area contributed by atoms with E-state index in [0.717, 1.165) is 23.1 Å². The highest BCUT2D eigenvalue weighted by Crippen LogP contribution is 2.33. The summed E-state index contributed by atoms with van der Waals surface area (Å²) in [7, 11) is 0. The number of carbonyl (C=O) groups excluding carboxylic acids is 1. The lowest BCUT2D eigenvalue weighted by Gasteiger charge is -2.23. The summed E-state index contributed by atoms with van der Waals surface area (Å²) in [6.07, 6.45) is 1.71. The van der Waals surface area contributed by atoms with Crippen molar-refractivity contribution in [3.05, 3.63) is 62.7 Å². The van der Waals surface area contributed by atoms with Crippen LogP contribution in [-0.4, -0.2) is 35.1 Å². The summed E-state index contributed by atoms with van der Waals surface area (Å²) in [5.74, 6) is -0.327. The summed E-state index contributed by atoms with van der Waals surface area (Å²) in [5, 5.41) is 12.4. The summed E-state index contributed by atoms with van der Waals surface area (Å²) in [6, 6.07) is 9.91. The van der Waals surface area contributed by atoms with E-state index in [9.17, 15) is 14.9 Å². The van der Waals surface area contributed by atoms with Crippen molar-refractivity contribution in [3.63, 3.8) is 0 Å². The topological polar surface area (TPSA) is 85.6 Å². The Morgan fingerprint density at radius 2 is 2.24 bits per heavy atom. The second-order valence-electron chi connectivity index (χ2n) is 6.87. The third kappa shape index (κ3) is 3.96. The number of hydrogen-bond acceptors (Lipinski definition) is 6. The number of aromatic nitrogens is 1. The zero-order chi connectivity index (χ0) is 20.5. The number of carbonyl (C=O) groups is 1. The van der Waals surface area contributed by atoms with Crippen molar-refractivity contribution in [2.75, 3.05) is 18.1 Å². The van der Waals surface area contributed by atoms with E-state index in [-0.39, 0.29) is 23.3 Å². The van der Waals surface area contributed by atoms with Crippen molar-refractivity contribution in [2.45, 2.75) is 25.9 Å². The monoisotopic (exact) mass is 431 g/mol. The zero-order valence-corrected chi connectivity index (χ0v) is 17.2. The van der Waals surface area contributed by atoms with E-state index in [2.05, 4.69) is 4.98 Å². The quantitative estimate of drug-likeness (QED) is 0.419. The molecule has 1 aliphatic heterocycles. The van der Waals surface area contributed by atoms with Crippen molar-refractivity contribution in [1.82, 2.24) is 4.98 Å². The number of halogens is 1. The number of nitro benzene ring substituents is 1. The van der Waals surface area contributed by atoms with Crippen molar-refractivity contribution in [1.29, 1.82) is 0 Å². The molecule has 7 nitrogen and oxygen atoms in total. The predicted molar refractivity (Wildman–Crippen MR) is 113 cm³/mol. The molecule has 1 aliphatic rings. The van der Waals surface area contributed by atoms with Crippen LogP contribution in [0, 0.1) is 17.0 Å². The fourth-order valence-corrected chi connectivity index (χ4v) is 4.69. The molecule has 0 spiro atoms. The molecule has 150 valence electrons. The average molecular weight is 432 g/mol. The van der Waals surface area contributed by atoms with Crippen molar-refractivity contribution >= 4 is 49.9 Å². The highest BCUT2D eigenvalue weighted by molar-refractivity contribution is 7.22. The van der Waals surface area contributed by atoms with E-state index >= 15 is 0 Å². The van der Waals surface area contributed by atoms with E-state index in [1.54, 1.807) is 24.0 Å². The summed E-state index contributed by atoms with van der Waals surface area (Å²) in [5.41, 5.74) is 1.29. The van der Waals surface area contributed by atoms with Gasteiger partial charge in [-0.25, -0.2) is 4.98 Å². The maximum Gasteiger partial charge on any atom is 0.273 e. The Bertz CT molecular complexity index is 1090. The van der Waals surface area contributed by atoms with Gasteiger partial charge in [0.1, 0.15) is 0 Å². The van der Waals surface area contributed by atoms with Gasteiger partial charge < -0.3 is 4.74 Å². The van der Waals surface area contributed by atoms with Crippen LogP contribution in [0.15, 0.2) is 36.4 Å². The lowest BCUT2D eigenvalue weighted by Crippen LogP contribution is -2.37. The molecule has 0 N–H and O–H groups in total. The molecule has 29 heavy (non-hydrogen) atoms. The van der Waals surface area contributed by atoms with Gasteiger partial charge in [-0.1, -0.05) is 29.0 Å². The molecule has 1 atom stereocenters. The molecule has 3 aromatic rings. The summed E-state index contributed by atoms with van der Waals surface area (Å²) >= 11 is 7.45. The first kappa shape index (κ1) is 19.8. The first-order valence-corrected chi connectivity index (χ1v) is 10.4. The molecule has 2 heterocycles. The minimum absolute atomic E-state index is 0.0796. The maximum atomic E-state index is 13.5. The standard InChI is InChI=1S/C20H18ClN3O4S/c1-12-15(5-2-6-17(12)24(26)27)19(25)23(11-14-4-3-9-28-14)20-22-16-8-7-13(21)10-18(16)29-20/h2,5-8,10,14H,3-4,9,11H2,1H3. The SMILES string of the molecule is Cc1c(C(=O)N(CC2CCCO2)c2nc3ccc(Cl)cc3s2)cccc1[N+](=O)[O-]. The number of fused-ring (bicyclic) bond motifs is 1. The lowest BCUT2D eigenvalue weighted by atomic mass is 10.1. The van der Waals surface area contributed by atoms with E-state index in [1.807, 2.05) is 12.1 Å². The van der Waals surface area contributed by atoms with Gasteiger partial charge in [-0.15, -0.1) is 0 Å². The van der Waals surface area contributed by atoms with E-state index in [0.29, 0.717) is 28.9 Å². The van der Waals surface area contributed by atoms with Crippen LogP contribution in [0.2, 0.25) is 5.02 Å². The van der Waals surface area contributed by atoms with Gasteiger partial charge in [-0.3, -0.25) is 19.8 Å². The van der Waals surface area contributed by atoms with Crippen LogP contribution < -0.4 is 4.90 Å². The smallest absolute Gasteiger partial charge is 0.273 e. The van der Waals surface area contributed by atoms with Crippen LogP contribution in [0.3, 0.4) is 0 Å². The fourth-order valence-electron chi connectivity index (χ4n) is 3.44. The third-order valence-corrected chi connectivity index (χ3v) is 6.23. The van der Waals surface area contributed by atoms with E-state index in [1.165, 1.54) is 23.5 Å². The molecule has 0 radical (unpaired) electrons. The molecular weight excluding hydrogens is 414 g/mol. The molecular formula is C20H18ClN3O4S. The number of nitro groups is 1. The van der Waals surface area contributed by atoms with Crippen LogP contribution in [0.25, 0.3) is 10.2 Å². The fraction of sp³-hybridized carbons (Fsp3) is 0.300. The molecule has 0 aliphatic carbocycles. The Kier molecular flexibility index (Phi) is 5.49. The molecule has 9 heteroatoms. The summed E-state index contributed by atoms with van der Waals surface area (Å²) in [4.78, 5) is 30.5. The van der Waals surface area contributed by atoms with Crippen molar-refractivity contribution in [3.8, 4) is 0 Å². The molecule has 4 rings (SSSR count). The Morgan fingerprint density at radius 3 is 2.97 bits per heavy atom. The van der Waals surface area contributed by atoms with E-state index in [4.69, 9.17) is 16.3 Å². The lowest BCUT2D eigenvalue weighted by molar-refractivity contribution is -0.385. The number of hydrogen-bond donors (Lipinski definition) is 0. The molecule has 0 bridgehead atoms. The van der Waals surface area contributed by atoms with Gasteiger partial charge in [0.15, 0.2) is 5.13 Å². The second-order valence-corrected chi connectivity index (χ2v) is 8.31. The number of anilines is 1. The first-order valence-electron chi connectivity index (χ1n) is 9.17. The Morgan fingerprint density at radius 1 is 1.41 bits per heavy atom. The van der Waals surface area contributed by atoms with Crippen molar-refractivity contribution < 1.29 is 14.5 Å². The first-order chi connectivity index (χ1) is 13.9. The number of rotatable bonds is 5. The molecule has 0 saturated carbocycles. The van der Waals surface area contributed by atoms with Gasteiger partial charge in [-0.2, -0.15) is 0 Å². The van der Waals surface area contributed by atoms with Crippen LogP contribution in [-0.2, 0) is 4.74 Å². The molecule has 1 amide bonds. The number of thiazole rings is 1. The minimum atomic E-state index is -0.476. The van der Waals surface area contributed by atoms with Gasteiger partial charge in [0.05, 0.1) is 27.8 Å². The molecule has 1 aromatic heterocycles. The van der Waals surface area contributed by atoms with Gasteiger partial charge in [0, 0.05) is 28.8 Å². The van der Waals surface area contributed by atoms with Gasteiger partial charge in [-0.05, 0) is 44.0 Å². The third-order valence-electron chi connectivity index (χ3n) is 4.96. The van der Waals surface area contributed by atoms with Gasteiger partial charge >= 0.3 is 0 Å². The Hall–Kier alpha value is -2.55. The van der Waals surface area contributed by atoms with Crippen LogP contribution in [0.1, 0.15) is 28.8 Å². The minimum Gasteiger partial charge on any atom is -0.376 e. The maximum absolute atomic E-state index is 13.5. The normalized spacial score (nSPS) is 16.3. The number of nitrogens with zero attached hydrogens (tertiary/aromatic N) is 3. The van der Waals surface area contributed by atoms with Gasteiger partial charge in [0.25, 0.3) is 11.6 Å². The number of amides is 1. The second kappa shape index (κ2) is 8.06. The van der Waals surface area contributed by atoms with E-state index < -0.39 is 4.92 Å². The highest BCUT2D eigenvalue weighted by atomic mass is 35.5. The highest BCUT2D eigenvalue weighted by Gasteiger charge is 2.29. The molecule has 1 unspecified atom stereocenters. The molecule has 2 aromatic carbocycles. The Balaban J connectivity index is 1.76. The van der Waals surface area contributed by atoms with Gasteiger partial charge in [0.2, 0.25) is 0 Å². The molecule has 1 saturated heterocycles. The largest absolute Gasteiger partial charge is 0.376 e. The number of ether oxygens (including phenoxy) is 1. The predicted octanol–water partition coefficient (Wildman–Crippen LogP) is 4.99. The summed E-state index contributed by atoms with van der Waals surface area (Å²) in [6.45, 7) is 2.60. The summed E-state index contributed by atoms with van der Waals surface area (Å²) < 4.78 is 6.60.